The van der Waals surface area contributed by atoms with Crippen molar-refractivity contribution in [1.82, 2.24) is 9.96 Å². The topological polar surface area (TPSA) is 87.2 Å². The third-order valence-electron chi connectivity index (χ3n) is 3.14. The van der Waals surface area contributed by atoms with Crippen molar-refractivity contribution in [2.24, 2.45) is 0 Å². The van der Waals surface area contributed by atoms with E-state index in [-0.39, 0.29) is 17.0 Å². The summed E-state index contributed by atoms with van der Waals surface area (Å²) in [5, 5.41) is 9.54. The van der Waals surface area contributed by atoms with Gasteiger partial charge in [-0.1, -0.05) is 0 Å². The zero-order chi connectivity index (χ0) is 16.7. The molecule has 0 aliphatic carbocycles. The van der Waals surface area contributed by atoms with Crippen molar-refractivity contribution >= 4 is 30.0 Å². The maximum Gasteiger partial charge on any atom is 0.352 e. The summed E-state index contributed by atoms with van der Waals surface area (Å²) < 4.78 is 12.9. The molecule has 2 aliphatic heterocycles. The smallest absolute Gasteiger partial charge is 0.352 e. The molecule has 0 saturated carbocycles. The van der Waals surface area contributed by atoms with Crippen LogP contribution >= 0.6 is 11.8 Å². The minimum Gasteiger partial charge on any atom is -0.477 e. The van der Waals surface area contributed by atoms with E-state index < -0.39 is 35.6 Å². The van der Waals surface area contributed by atoms with E-state index in [1.54, 1.807) is 20.8 Å². The number of aliphatic carboxylic acids is 1. The molecule has 2 rings (SSSR count). The van der Waals surface area contributed by atoms with Crippen LogP contribution < -0.4 is 0 Å². The number of carbonyl (C=O) groups is 3. The molecule has 0 aromatic heterocycles. The van der Waals surface area contributed by atoms with Crippen LogP contribution in [0.15, 0.2) is 11.3 Å². The molecule has 1 fully saturated rings. The lowest BCUT2D eigenvalue weighted by Crippen LogP contribution is -2.70. The summed E-state index contributed by atoms with van der Waals surface area (Å²) in [6.07, 6.45) is 0.403. The molecule has 1 saturated heterocycles. The Kier molecular flexibility index (Phi) is 4.48. The van der Waals surface area contributed by atoms with Gasteiger partial charge in [-0.25, -0.2) is 14.2 Å². The number of thioether (sulfide) groups is 1. The first-order valence-corrected chi connectivity index (χ1v) is 7.65. The second-order valence-corrected chi connectivity index (χ2v) is 7.02. The van der Waals surface area contributed by atoms with Crippen molar-refractivity contribution in [2.75, 3.05) is 12.4 Å². The van der Waals surface area contributed by atoms with Crippen LogP contribution in [0.5, 0.6) is 0 Å². The first-order valence-electron chi connectivity index (χ1n) is 6.60. The summed E-state index contributed by atoms with van der Waals surface area (Å²) in [5.74, 6) is -1.78. The summed E-state index contributed by atoms with van der Waals surface area (Å²) >= 11 is 1.21. The minimum atomic E-state index is -1.35. The second-order valence-electron chi connectivity index (χ2n) is 5.91. The molecule has 2 heterocycles. The van der Waals surface area contributed by atoms with Crippen LogP contribution in [0.2, 0.25) is 0 Å². The fraction of sp³-hybridized carbons (Fsp3) is 0.615. The van der Waals surface area contributed by atoms with Gasteiger partial charge in [0, 0.05) is 11.3 Å². The predicted octanol–water partition coefficient (Wildman–Crippen LogP) is 0.767. The molecule has 22 heavy (non-hydrogen) atoms. The van der Waals surface area contributed by atoms with Gasteiger partial charge < -0.3 is 5.11 Å². The molecule has 7 nitrogen and oxygen atoms in total. The van der Waals surface area contributed by atoms with Gasteiger partial charge in [-0.05, 0) is 20.8 Å². The fourth-order valence-electron chi connectivity index (χ4n) is 2.33. The van der Waals surface area contributed by atoms with Crippen molar-refractivity contribution < 1.29 is 28.7 Å². The summed E-state index contributed by atoms with van der Waals surface area (Å²) in [7, 11) is 0. The van der Waals surface area contributed by atoms with Gasteiger partial charge in [0.25, 0.3) is 5.91 Å². The molecule has 2 amide bonds. The molecule has 0 spiro atoms. The number of hydrogen-bond donors (Lipinski definition) is 1. The zero-order valence-corrected chi connectivity index (χ0v) is 13.2. The number of carbonyl (C=O) groups excluding carboxylic acids is 2. The van der Waals surface area contributed by atoms with Gasteiger partial charge in [-0.3, -0.25) is 19.3 Å². The third-order valence-corrected chi connectivity index (χ3v) is 4.47. The van der Waals surface area contributed by atoms with Crippen molar-refractivity contribution in [3.8, 4) is 0 Å². The standard InChI is InChI=1S/C13H17FN2O5S/c1-13(2,3)21-15(6-17)9-10(18)16-8(12(19)20)7(4-14)5-22-11(9)16/h6,9,11H,4-5H2,1-3H3,(H,19,20)/t9?,11-/m1/s1. The molecule has 2 atom stereocenters. The number of carboxylic acids is 1. The van der Waals surface area contributed by atoms with Crippen LogP contribution in [0.4, 0.5) is 4.39 Å². The highest BCUT2D eigenvalue weighted by molar-refractivity contribution is 8.00. The van der Waals surface area contributed by atoms with Crippen LogP contribution in [-0.2, 0) is 19.2 Å². The Morgan fingerprint density at radius 2 is 2.23 bits per heavy atom. The monoisotopic (exact) mass is 332 g/mol. The van der Waals surface area contributed by atoms with Gasteiger partial charge >= 0.3 is 5.97 Å². The van der Waals surface area contributed by atoms with Crippen molar-refractivity contribution in [3.05, 3.63) is 11.3 Å². The third kappa shape index (κ3) is 2.82. The average molecular weight is 332 g/mol. The van der Waals surface area contributed by atoms with Crippen LogP contribution in [0, 0.1) is 0 Å². The summed E-state index contributed by atoms with van der Waals surface area (Å²) in [6.45, 7) is 4.25. The van der Waals surface area contributed by atoms with Crippen molar-refractivity contribution in [1.29, 1.82) is 0 Å². The highest BCUT2D eigenvalue weighted by atomic mass is 32.2. The largest absolute Gasteiger partial charge is 0.477 e. The Labute approximate surface area is 131 Å². The SMILES string of the molecule is CC(C)(C)ON(C=O)C1C(=O)N2C(C(=O)O)=C(CF)CS[C@H]12. The lowest BCUT2D eigenvalue weighted by Gasteiger charge is -2.51. The van der Waals surface area contributed by atoms with Crippen LogP contribution in [0.1, 0.15) is 20.8 Å². The van der Waals surface area contributed by atoms with Crippen molar-refractivity contribution in [3.63, 3.8) is 0 Å². The van der Waals surface area contributed by atoms with Gasteiger partial charge in [0.15, 0.2) is 6.04 Å². The number of β-lactam (4-membered cyclic amide) rings is 1. The number of hydroxylamine groups is 2. The quantitative estimate of drug-likeness (QED) is 0.454. The van der Waals surface area contributed by atoms with E-state index >= 15 is 0 Å². The van der Waals surface area contributed by atoms with Crippen LogP contribution in [0.25, 0.3) is 0 Å². The number of nitrogens with zero attached hydrogens (tertiary/aromatic N) is 2. The first-order chi connectivity index (χ1) is 10.2. The van der Waals surface area contributed by atoms with Crippen LogP contribution in [0.3, 0.4) is 0 Å². The molecule has 122 valence electrons. The number of hydrogen-bond acceptors (Lipinski definition) is 5. The lowest BCUT2D eigenvalue weighted by molar-refractivity contribution is -0.245. The molecular formula is C13H17FN2O5S. The Bertz CT molecular complexity index is 545. The highest BCUT2D eigenvalue weighted by Gasteiger charge is 2.57. The predicted molar refractivity (Wildman–Crippen MR) is 76.3 cm³/mol. The van der Waals surface area contributed by atoms with E-state index in [1.807, 2.05) is 0 Å². The number of amides is 2. The first kappa shape index (κ1) is 16.8. The lowest BCUT2D eigenvalue weighted by atomic mass is 10.0. The normalized spacial score (nSPS) is 24.7. The van der Waals surface area contributed by atoms with E-state index in [0.717, 1.165) is 9.96 Å². The molecule has 2 aliphatic rings. The molecule has 0 radical (unpaired) electrons. The number of halogens is 1. The zero-order valence-electron chi connectivity index (χ0n) is 12.4. The van der Waals surface area contributed by atoms with Gasteiger partial charge in [-0.2, -0.15) is 0 Å². The molecule has 1 N–H and O–H groups in total. The Hall–Kier alpha value is -1.61. The van der Waals surface area contributed by atoms with Crippen molar-refractivity contribution in [2.45, 2.75) is 37.8 Å². The Balaban J connectivity index is 2.26. The highest BCUT2D eigenvalue weighted by Crippen LogP contribution is 2.42. The number of fused-ring (bicyclic) bond motifs is 1. The van der Waals surface area contributed by atoms with Gasteiger partial charge in [0.1, 0.15) is 17.7 Å². The summed E-state index contributed by atoms with van der Waals surface area (Å²) in [6, 6.07) is -0.905. The average Bonchev–Trinajstić information content (AvgIpc) is 2.43. The van der Waals surface area contributed by atoms with E-state index in [0.29, 0.717) is 6.41 Å². The van der Waals surface area contributed by atoms with Crippen LogP contribution in [-0.4, -0.2) is 62.8 Å². The molecule has 1 unspecified atom stereocenters. The summed E-state index contributed by atoms with van der Waals surface area (Å²) in [5.41, 5.74) is -0.944. The Morgan fingerprint density at radius 3 is 2.68 bits per heavy atom. The molecule has 0 aromatic rings. The molecule has 9 heteroatoms. The Morgan fingerprint density at radius 1 is 1.59 bits per heavy atom. The number of alkyl halides is 1. The number of carboxylic acid groups (broad SMARTS) is 1. The molecule has 0 bridgehead atoms. The van der Waals surface area contributed by atoms with E-state index in [1.165, 1.54) is 11.8 Å². The van der Waals surface area contributed by atoms with E-state index in [4.69, 9.17) is 4.84 Å². The summed E-state index contributed by atoms with van der Waals surface area (Å²) in [4.78, 5) is 41.2. The fourth-order valence-corrected chi connectivity index (χ4v) is 3.69. The van der Waals surface area contributed by atoms with Gasteiger partial charge in [0.2, 0.25) is 6.41 Å². The van der Waals surface area contributed by atoms with E-state index in [2.05, 4.69) is 0 Å². The minimum absolute atomic E-state index is 0.0648. The molecular weight excluding hydrogens is 315 g/mol. The maximum absolute atomic E-state index is 12.9. The maximum atomic E-state index is 12.9. The molecule has 0 aromatic carbocycles. The van der Waals surface area contributed by atoms with Gasteiger partial charge in [-0.15, -0.1) is 11.8 Å². The number of rotatable bonds is 5. The second kappa shape index (κ2) is 5.88. The van der Waals surface area contributed by atoms with Gasteiger partial charge in [0.05, 0.1) is 5.60 Å². The van der Waals surface area contributed by atoms with E-state index in [9.17, 15) is 23.9 Å².